The summed E-state index contributed by atoms with van der Waals surface area (Å²) in [6.45, 7) is 1.82. The molecule has 16 heteroatoms. The Morgan fingerprint density at radius 2 is 1.39 bits per heavy atom. The predicted octanol–water partition coefficient (Wildman–Crippen LogP) is 8.50. The van der Waals surface area contributed by atoms with Crippen molar-refractivity contribution in [2.75, 3.05) is 17.7 Å². The van der Waals surface area contributed by atoms with E-state index in [1.165, 1.54) is 38.1 Å². The number of aliphatic hydroxyl groups is 1. The monoisotopic (exact) mass is 779 g/mol. The maximum Gasteiger partial charge on any atom is 0.416 e. The van der Waals surface area contributed by atoms with Gasteiger partial charge in [0.05, 0.1) is 34.7 Å². The minimum Gasteiger partial charge on any atom is -0.390 e. The Kier molecular flexibility index (Phi) is 9.67. The summed E-state index contributed by atoms with van der Waals surface area (Å²) in [6, 6.07) is 15.4. The molecule has 2 aliphatic rings. The summed E-state index contributed by atoms with van der Waals surface area (Å²) in [6.07, 6.45) is -0.142. The van der Waals surface area contributed by atoms with E-state index < -0.39 is 29.1 Å². The van der Waals surface area contributed by atoms with Crippen molar-refractivity contribution in [3.63, 3.8) is 0 Å². The number of halogens is 6. The normalized spacial score (nSPS) is 22.1. The first-order valence-electron chi connectivity index (χ1n) is 18.6. The molecule has 6 aromatic rings. The van der Waals surface area contributed by atoms with E-state index >= 15 is 0 Å². The number of anilines is 2. The lowest BCUT2D eigenvalue weighted by molar-refractivity contribution is -0.566. The van der Waals surface area contributed by atoms with Crippen molar-refractivity contribution in [1.82, 2.24) is 24.2 Å². The lowest BCUT2D eigenvalue weighted by Gasteiger charge is -2.33. The largest absolute Gasteiger partial charge is 0.416 e. The highest BCUT2D eigenvalue weighted by Gasteiger charge is 2.35. The minimum atomic E-state index is -4.75. The van der Waals surface area contributed by atoms with E-state index in [-0.39, 0.29) is 40.7 Å². The van der Waals surface area contributed by atoms with Crippen LogP contribution in [0.1, 0.15) is 69.4 Å². The number of nitrogens with zero attached hydrogens (tertiary/aromatic N) is 6. The molecule has 0 saturated heterocycles. The summed E-state index contributed by atoms with van der Waals surface area (Å²) < 4.78 is 95.5. The van der Waals surface area contributed by atoms with E-state index in [1.807, 2.05) is 6.92 Å². The number of hydrogen-bond donors (Lipinski definition) is 3. The summed E-state index contributed by atoms with van der Waals surface area (Å²) in [5.74, 6) is 0.982. The standard InChI is InChI=1S/C40H41F6N8O2/c1-38(55)16-14-29(15-17-38)49-34-10-12-36-47-22-32(53(36)50-34)25-19-27(40(44,45)46)21-30(20-25)52-23-33(24-4-3-5-26(18-24)39(41,42)43)54-37(52)13-11-35(51-54)48-28-6-8-31(56-2)9-7-28/h3-5,10-13,18-23,28-29,31,55H,6-9,14-17H2,1-2H3,(H,48,51)(H,49,50)/q+1. The zero-order chi connectivity index (χ0) is 39.4. The first kappa shape index (κ1) is 37.7. The number of ether oxygens (including phenoxy) is 1. The van der Waals surface area contributed by atoms with Gasteiger partial charge < -0.3 is 20.5 Å². The molecule has 0 aliphatic heterocycles. The van der Waals surface area contributed by atoms with Gasteiger partial charge in [-0.05, 0) is 107 Å². The molecule has 2 aromatic carbocycles. The van der Waals surface area contributed by atoms with Crippen molar-refractivity contribution in [2.45, 2.75) is 94.4 Å². The van der Waals surface area contributed by atoms with Crippen LogP contribution in [-0.4, -0.2) is 60.2 Å². The Labute approximate surface area is 318 Å². The second kappa shape index (κ2) is 14.4. The highest BCUT2D eigenvalue weighted by Crippen LogP contribution is 2.36. The Morgan fingerprint density at radius 3 is 2.07 bits per heavy atom. The molecule has 2 saturated carbocycles. The molecule has 0 unspecified atom stereocenters. The number of benzene rings is 2. The van der Waals surface area contributed by atoms with Gasteiger partial charge in [-0.25, -0.2) is 9.50 Å². The number of alkyl halides is 6. The lowest BCUT2D eigenvalue weighted by atomic mass is 9.84. The van der Waals surface area contributed by atoms with Crippen LogP contribution < -0.4 is 15.2 Å². The Balaban J connectivity index is 1.22. The number of fused-ring (bicyclic) bond motifs is 2. The van der Waals surface area contributed by atoms with Crippen LogP contribution in [0.3, 0.4) is 0 Å². The number of hydrogen-bond acceptors (Lipinski definition) is 7. The second-order valence-electron chi connectivity index (χ2n) is 15.1. The van der Waals surface area contributed by atoms with Crippen LogP contribution in [0.5, 0.6) is 0 Å². The Morgan fingerprint density at radius 1 is 0.750 bits per heavy atom. The molecular weight excluding hydrogens is 738 g/mol. The first-order chi connectivity index (χ1) is 26.6. The van der Waals surface area contributed by atoms with Gasteiger partial charge in [-0.15, -0.1) is 5.10 Å². The van der Waals surface area contributed by atoms with E-state index in [9.17, 15) is 31.4 Å². The van der Waals surface area contributed by atoms with Crippen molar-refractivity contribution in [2.24, 2.45) is 0 Å². The van der Waals surface area contributed by atoms with E-state index in [4.69, 9.17) is 14.9 Å². The average Bonchev–Trinajstić information content (AvgIpc) is 3.77. The fourth-order valence-corrected chi connectivity index (χ4v) is 7.81. The lowest BCUT2D eigenvalue weighted by Crippen LogP contribution is -2.36. The zero-order valence-electron chi connectivity index (χ0n) is 30.7. The highest BCUT2D eigenvalue weighted by atomic mass is 19.4. The first-order valence-corrected chi connectivity index (χ1v) is 18.6. The molecule has 56 heavy (non-hydrogen) atoms. The molecule has 0 bridgehead atoms. The zero-order valence-corrected chi connectivity index (χ0v) is 30.7. The number of methoxy groups -OCH3 is 1. The van der Waals surface area contributed by atoms with E-state index in [2.05, 4.69) is 15.6 Å². The summed E-state index contributed by atoms with van der Waals surface area (Å²) >= 11 is 0. The fourth-order valence-electron chi connectivity index (χ4n) is 7.81. The Hall–Kier alpha value is -5.22. The molecule has 4 heterocycles. The third kappa shape index (κ3) is 7.76. The van der Waals surface area contributed by atoms with Gasteiger partial charge in [0.2, 0.25) is 5.69 Å². The molecule has 0 amide bonds. The van der Waals surface area contributed by atoms with Gasteiger partial charge in [-0.1, -0.05) is 21.7 Å². The summed E-state index contributed by atoms with van der Waals surface area (Å²) in [5, 5.41) is 26.7. The van der Waals surface area contributed by atoms with Gasteiger partial charge in [0.15, 0.2) is 11.5 Å². The highest BCUT2D eigenvalue weighted by molar-refractivity contribution is 5.68. The fraction of sp³-hybridized carbons (Fsp3) is 0.400. The molecule has 0 atom stereocenters. The third-order valence-corrected chi connectivity index (χ3v) is 11.0. The van der Waals surface area contributed by atoms with E-state index in [0.717, 1.165) is 62.8 Å². The quantitative estimate of drug-likeness (QED) is 0.105. The smallest absolute Gasteiger partial charge is 0.390 e. The molecular formula is C40H41F6N8O2+. The molecule has 2 aliphatic carbocycles. The van der Waals surface area contributed by atoms with Crippen LogP contribution in [0.2, 0.25) is 0 Å². The van der Waals surface area contributed by atoms with Gasteiger partial charge >= 0.3 is 18.0 Å². The topological polar surface area (TPSA) is 105 Å². The SMILES string of the molecule is COC1CCC(Nc2ccc3n(n2)c(-c2cccc(C(F)(F)F)c2)c[n+]3-c2cc(-c3cnc4ccc(NC5CCC(C)(O)CC5)nn34)cc(C(F)(F)F)c2)CC1. The van der Waals surface area contributed by atoms with Crippen molar-refractivity contribution in [3.8, 4) is 28.2 Å². The third-order valence-electron chi connectivity index (χ3n) is 11.0. The van der Waals surface area contributed by atoms with Crippen LogP contribution in [0, 0.1) is 0 Å². The van der Waals surface area contributed by atoms with Crippen molar-refractivity contribution in [3.05, 3.63) is 90.3 Å². The predicted molar refractivity (Wildman–Crippen MR) is 197 cm³/mol. The molecule has 8 rings (SSSR count). The minimum absolute atomic E-state index is 0.0628. The Bertz CT molecular complexity index is 2370. The molecule has 0 spiro atoms. The van der Waals surface area contributed by atoms with Crippen LogP contribution >= 0.6 is 0 Å². The van der Waals surface area contributed by atoms with Crippen molar-refractivity contribution in [1.29, 1.82) is 0 Å². The van der Waals surface area contributed by atoms with Crippen LogP contribution in [0.15, 0.2) is 79.1 Å². The number of nitrogens with one attached hydrogen (secondary N) is 2. The average molecular weight is 780 g/mol. The molecule has 294 valence electrons. The van der Waals surface area contributed by atoms with E-state index in [0.29, 0.717) is 41.5 Å². The van der Waals surface area contributed by atoms with Crippen LogP contribution in [0.25, 0.3) is 39.5 Å². The molecule has 10 nitrogen and oxygen atoms in total. The molecule has 0 radical (unpaired) electrons. The maximum atomic E-state index is 14.6. The van der Waals surface area contributed by atoms with Gasteiger partial charge in [-0.3, -0.25) is 0 Å². The molecule has 4 aromatic heterocycles. The van der Waals surface area contributed by atoms with E-state index in [1.54, 1.807) is 37.4 Å². The number of imidazole rings is 2. The maximum absolute atomic E-state index is 14.6. The summed E-state index contributed by atoms with van der Waals surface area (Å²) in [7, 11) is 1.69. The summed E-state index contributed by atoms with van der Waals surface area (Å²) in [4.78, 5) is 4.42. The van der Waals surface area contributed by atoms with Gasteiger partial charge in [0, 0.05) is 36.4 Å². The molecule has 3 N–H and O–H groups in total. The van der Waals surface area contributed by atoms with Gasteiger partial charge in [-0.2, -0.15) is 30.9 Å². The van der Waals surface area contributed by atoms with Crippen molar-refractivity contribution >= 4 is 22.9 Å². The van der Waals surface area contributed by atoms with Crippen LogP contribution in [-0.2, 0) is 17.1 Å². The molecule has 2 fully saturated rings. The van der Waals surface area contributed by atoms with Crippen LogP contribution in [0.4, 0.5) is 38.0 Å². The summed E-state index contributed by atoms with van der Waals surface area (Å²) in [5.41, 5.74) is -0.777. The number of rotatable bonds is 8. The second-order valence-corrected chi connectivity index (χ2v) is 15.1. The van der Waals surface area contributed by atoms with Crippen molar-refractivity contribution < 1.29 is 40.8 Å². The van der Waals surface area contributed by atoms with Gasteiger partial charge in [0.1, 0.15) is 17.7 Å². The number of aromatic nitrogens is 6. The van der Waals surface area contributed by atoms with Gasteiger partial charge in [0.25, 0.3) is 0 Å².